The molecule has 0 radical (unpaired) electrons. The largest absolute Gasteiger partial charge is 0.368 e. The Morgan fingerprint density at radius 2 is 2.14 bits per heavy atom. The molecule has 0 amide bonds. The minimum absolute atomic E-state index is 0.137. The van der Waals surface area contributed by atoms with Gasteiger partial charge in [-0.1, -0.05) is 18.2 Å². The maximum atomic E-state index is 9.44. The Bertz CT molecular complexity index is 655. The van der Waals surface area contributed by atoms with Gasteiger partial charge >= 0.3 is 0 Å². The number of fused-ring (bicyclic) bond motifs is 2. The monoisotopic (exact) mass is 282 g/mol. The first-order valence-corrected chi connectivity index (χ1v) is 7.06. The standard InChI is InChI=1S/C15H18N6/c1-21(2)15-19-13(18-14(17)20-15)12(8-16)7-11-6-9-3-4-10(11)5-9/h3-4,7,9-11H,5-6H2,1-2H3,(H2,17,18,19,20)/b12-7+/t9-,10+,11+/m0/s1. The van der Waals surface area contributed by atoms with Crippen LogP contribution in [0.25, 0.3) is 5.57 Å². The van der Waals surface area contributed by atoms with Gasteiger partial charge in [0.1, 0.15) is 6.07 Å². The van der Waals surface area contributed by atoms with Crippen molar-refractivity contribution in [3.8, 4) is 6.07 Å². The van der Waals surface area contributed by atoms with Gasteiger partial charge in [0.2, 0.25) is 11.9 Å². The van der Waals surface area contributed by atoms with Crippen molar-refractivity contribution in [1.29, 1.82) is 5.26 Å². The Balaban J connectivity index is 1.93. The smallest absolute Gasteiger partial charge is 0.230 e. The van der Waals surface area contributed by atoms with Crippen molar-refractivity contribution in [2.45, 2.75) is 12.8 Å². The second-order valence-corrected chi connectivity index (χ2v) is 5.85. The summed E-state index contributed by atoms with van der Waals surface area (Å²) in [5.74, 6) is 2.57. The zero-order valence-corrected chi connectivity index (χ0v) is 12.2. The lowest BCUT2D eigenvalue weighted by Crippen LogP contribution is -2.16. The molecule has 2 N–H and O–H groups in total. The zero-order valence-electron chi connectivity index (χ0n) is 12.2. The highest BCUT2D eigenvalue weighted by Gasteiger charge is 2.34. The molecule has 1 saturated carbocycles. The van der Waals surface area contributed by atoms with Gasteiger partial charge in [0.25, 0.3) is 0 Å². The summed E-state index contributed by atoms with van der Waals surface area (Å²) in [5.41, 5.74) is 6.21. The highest BCUT2D eigenvalue weighted by atomic mass is 15.3. The predicted octanol–water partition coefficient (Wildman–Crippen LogP) is 1.64. The average molecular weight is 282 g/mol. The van der Waals surface area contributed by atoms with Crippen LogP contribution >= 0.6 is 0 Å². The molecule has 1 aromatic heterocycles. The molecule has 2 aliphatic rings. The van der Waals surface area contributed by atoms with Crippen molar-refractivity contribution < 1.29 is 0 Å². The van der Waals surface area contributed by atoms with Crippen molar-refractivity contribution in [2.75, 3.05) is 24.7 Å². The number of nitriles is 1. The van der Waals surface area contributed by atoms with Crippen LogP contribution in [0.3, 0.4) is 0 Å². The Labute approximate surface area is 124 Å². The summed E-state index contributed by atoms with van der Waals surface area (Å²) in [5, 5.41) is 9.44. The maximum Gasteiger partial charge on any atom is 0.230 e. The number of allylic oxidation sites excluding steroid dienone is 4. The van der Waals surface area contributed by atoms with Crippen LogP contribution in [0.15, 0.2) is 18.2 Å². The number of aromatic nitrogens is 3. The van der Waals surface area contributed by atoms with Crippen LogP contribution in [-0.4, -0.2) is 29.0 Å². The van der Waals surface area contributed by atoms with Gasteiger partial charge in [0.05, 0.1) is 5.57 Å². The fraction of sp³-hybridized carbons (Fsp3) is 0.467. The van der Waals surface area contributed by atoms with E-state index in [1.54, 1.807) is 4.90 Å². The van der Waals surface area contributed by atoms with Crippen LogP contribution in [0.5, 0.6) is 0 Å². The summed E-state index contributed by atoms with van der Waals surface area (Å²) in [6.45, 7) is 0. The number of hydrogen-bond donors (Lipinski definition) is 1. The van der Waals surface area contributed by atoms with E-state index in [9.17, 15) is 5.26 Å². The van der Waals surface area contributed by atoms with Crippen molar-refractivity contribution in [2.24, 2.45) is 17.8 Å². The molecule has 0 unspecified atom stereocenters. The van der Waals surface area contributed by atoms with E-state index in [1.807, 2.05) is 20.2 Å². The van der Waals surface area contributed by atoms with E-state index in [1.165, 1.54) is 6.42 Å². The van der Waals surface area contributed by atoms with Crippen LogP contribution in [0.4, 0.5) is 11.9 Å². The van der Waals surface area contributed by atoms with Crippen molar-refractivity contribution in [3.63, 3.8) is 0 Å². The molecule has 0 aliphatic heterocycles. The molecule has 0 saturated heterocycles. The first-order chi connectivity index (χ1) is 10.1. The fourth-order valence-corrected chi connectivity index (χ4v) is 3.09. The summed E-state index contributed by atoms with van der Waals surface area (Å²) in [7, 11) is 3.66. The third kappa shape index (κ3) is 2.59. The molecule has 6 heteroatoms. The number of hydrogen-bond acceptors (Lipinski definition) is 6. The first-order valence-electron chi connectivity index (χ1n) is 7.06. The van der Waals surface area contributed by atoms with Gasteiger partial charge in [-0.15, -0.1) is 0 Å². The fourth-order valence-electron chi connectivity index (χ4n) is 3.09. The van der Waals surface area contributed by atoms with Crippen molar-refractivity contribution in [1.82, 2.24) is 15.0 Å². The van der Waals surface area contributed by atoms with Gasteiger partial charge in [0, 0.05) is 14.1 Å². The Morgan fingerprint density at radius 3 is 2.71 bits per heavy atom. The molecule has 3 atom stereocenters. The SMILES string of the molecule is CN(C)c1nc(N)nc(/C(C#N)=C/[C@H]2C[C@H]3C=C[C@@H]2C3)n1. The molecule has 1 heterocycles. The third-order valence-electron chi connectivity index (χ3n) is 4.11. The normalized spacial score (nSPS) is 26.9. The topological polar surface area (TPSA) is 91.7 Å². The lowest BCUT2D eigenvalue weighted by molar-refractivity contribution is 0.551. The van der Waals surface area contributed by atoms with Gasteiger partial charge in [0.15, 0.2) is 5.82 Å². The zero-order chi connectivity index (χ0) is 15.0. The Morgan fingerprint density at radius 1 is 1.33 bits per heavy atom. The van der Waals surface area contributed by atoms with E-state index >= 15 is 0 Å². The molecular weight excluding hydrogens is 264 g/mol. The van der Waals surface area contributed by atoms with Crippen LogP contribution in [0.1, 0.15) is 18.7 Å². The van der Waals surface area contributed by atoms with E-state index in [0.29, 0.717) is 35.1 Å². The molecule has 2 bridgehead atoms. The van der Waals surface area contributed by atoms with Crippen LogP contribution in [0.2, 0.25) is 0 Å². The second kappa shape index (κ2) is 5.17. The highest BCUT2D eigenvalue weighted by Crippen LogP contribution is 2.44. The lowest BCUT2D eigenvalue weighted by Gasteiger charge is -2.15. The number of anilines is 2. The van der Waals surface area contributed by atoms with Crippen LogP contribution < -0.4 is 10.6 Å². The molecule has 0 aromatic carbocycles. The molecule has 6 nitrogen and oxygen atoms in total. The van der Waals surface area contributed by atoms with E-state index in [2.05, 4.69) is 33.2 Å². The van der Waals surface area contributed by atoms with E-state index in [0.717, 1.165) is 6.42 Å². The lowest BCUT2D eigenvalue weighted by atomic mass is 9.91. The minimum atomic E-state index is 0.137. The molecular formula is C15H18N6. The molecule has 108 valence electrons. The average Bonchev–Trinajstić information content (AvgIpc) is 3.06. The predicted molar refractivity (Wildman–Crippen MR) is 81.0 cm³/mol. The van der Waals surface area contributed by atoms with E-state index < -0.39 is 0 Å². The van der Waals surface area contributed by atoms with Crippen LogP contribution in [-0.2, 0) is 0 Å². The molecule has 21 heavy (non-hydrogen) atoms. The Hall–Kier alpha value is -2.42. The molecule has 1 aromatic rings. The molecule has 1 fully saturated rings. The quantitative estimate of drug-likeness (QED) is 0.669. The summed E-state index contributed by atoms with van der Waals surface area (Å²) in [6.07, 6.45) is 8.85. The van der Waals surface area contributed by atoms with Gasteiger partial charge < -0.3 is 10.6 Å². The summed E-state index contributed by atoms with van der Waals surface area (Å²) < 4.78 is 0. The number of nitrogens with zero attached hydrogens (tertiary/aromatic N) is 5. The molecule has 2 aliphatic carbocycles. The van der Waals surface area contributed by atoms with Gasteiger partial charge in [-0.3, -0.25) is 0 Å². The van der Waals surface area contributed by atoms with Gasteiger partial charge in [-0.2, -0.15) is 20.2 Å². The summed E-state index contributed by atoms with van der Waals surface area (Å²) in [6, 6.07) is 2.21. The summed E-state index contributed by atoms with van der Waals surface area (Å²) in [4.78, 5) is 14.2. The number of nitrogens with two attached hydrogens (primary N) is 1. The maximum absolute atomic E-state index is 9.44. The van der Waals surface area contributed by atoms with E-state index in [4.69, 9.17) is 5.73 Å². The third-order valence-corrected chi connectivity index (χ3v) is 4.11. The number of nitrogen functional groups attached to an aromatic ring is 1. The van der Waals surface area contributed by atoms with Crippen LogP contribution in [0, 0.1) is 29.1 Å². The Kier molecular flexibility index (Phi) is 3.34. The first kappa shape index (κ1) is 13.6. The van der Waals surface area contributed by atoms with E-state index in [-0.39, 0.29) is 5.95 Å². The second-order valence-electron chi connectivity index (χ2n) is 5.85. The molecule has 0 spiro atoms. The minimum Gasteiger partial charge on any atom is -0.368 e. The summed E-state index contributed by atoms with van der Waals surface area (Å²) >= 11 is 0. The molecule has 3 rings (SSSR count). The van der Waals surface area contributed by atoms with Crippen molar-refractivity contribution >= 4 is 17.5 Å². The van der Waals surface area contributed by atoms with Gasteiger partial charge in [-0.05, 0) is 30.6 Å². The highest BCUT2D eigenvalue weighted by molar-refractivity contribution is 5.73. The number of rotatable bonds is 3. The van der Waals surface area contributed by atoms with Gasteiger partial charge in [-0.25, -0.2) is 0 Å². The van der Waals surface area contributed by atoms with Crippen molar-refractivity contribution in [3.05, 3.63) is 24.1 Å².